The van der Waals surface area contributed by atoms with Crippen LogP contribution in [0.2, 0.25) is 0 Å². The molecule has 0 N–H and O–H groups in total. The zero-order valence-electron chi connectivity index (χ0n) is 17.3. The highest BCUT2D eigenvalue weighted by molar-refractivity contribution is 5.33. The Morgan fingerprint density at radius 3 is 2.32 bits per heavy atom. The van der Waals surface area contributed by atoms with Crippen molar-refractivity contribution in [2.45, 2.75) is 90.4 Å². The monoisotopic (exact) mass is 392 g/mol. The highest BCUT2D eigenvalue weighted by atomic mass is 19.2. The predicted octanol–water partition coefficient (Wildman–Crippen LogP) is 7.62. The molecule has 5 atom stereocenters. The molecule has 2 saturated carbocycles. The lowest BCUT2D eigenvalue weighted by atomic mass is 9.61. The topological polar surface area (TPSA) is 0 Å². The molecular weight excluding hydrogens is 357 g/mol. The minimum Gasteiger partial charge on any atom is -0.204 e. The van der Waals surface area contributed by atoms with Gasteiger partial charge < -0.3 is 0 Å². The number of halogens is 3. The molecule has 3 heteroatoms. The van der Waals surface area contributed by atoms with Gasteiger partial charge in [0.25, 0.3) is 0 Å². The van der Waals surface area contributed by atoms with Gasteiger partial charge in [-0.05, 0) is 98.1 Å². The Kier molecular flexibility index (Phi) is 6.37. The van der Waals surface area contributed by atoms with E-state index in [1.165, 1.54) is 70.3 Å². The van der Waals surface area contributed by atoms with E-state index < -0.39 is 17.5 Å². The van der Waals surface area contributed by atoms with Crippen molar-refractivity contribution >= 4 is 0 Å². The standard InChI is InChI=1S/C25H35F3/c1-2-3-4-5-16-6-7-18-13-19(9-8-17(18)12-16)20-10-11-22-21(14-20)15-23(26)25(28)24(22)27/h15-20H,2-14H2,1H3. The van der Waals surface area contributed by atoms with E-state index >= 15 is 0 Å². The second kappa shape index (κ2) is 8.79. The van der Waals surface area contributed by atoms with Crippen LogP contribution in [0.3, 0.4) is 0 Å². The van der Waals surface area contributed by atoms with Crippen LogP contribution in [0.1, 0.15) is 88.7 Å². The number of benzene rings is 1. The quantitative estimate of drug-likeness (QED) is 0.357. The Balaban J connectivity index is 1.34. The van der Waals surface area contributed by atoms with E-state index in [0.29, 0.717) is 23.8 Å². The molecule has 4 rings (SSSR count). The average molecular weight is 393 g/mol. The van der Waals surface area contributed by atoms with Gasteiger partial charge in [0, 0.05) is 0 Å². The summed E-state index contributed by atoms with van der Waals surface area (Å²) in [6, 6.07) is 1.26. The summed E-state index contributed by atoms with van der Waals surface area (Å²) in [7, 11) is 0. The van der Waals surface area contributed by atoms with Gasteiger partial charge in [0.05, 0.1) is 0 Å². The first-order valence-corrected chi connectivity index (χ1v) is 11.7. The van der Waals surface area contributed by atoms with Crippen LogP contribution in [0.25, 0.3) is 0 Å². The van der Waals surface area contributed by atoms with E-state index in [9.17, 15) is 13.2 Å². The fraction of sp³-hybridized carbons (Fsp3) is 0.760. The van der Waals surface area contributed by atoms with Crippen molar-refractivity contribution in [3.63, 3.8) is 0 Å². The fourth-order valence-electron chi connectivity index (χ4n) is 6.65. The number of fused-ring (bicyclic) bond motifs is 2. The molecule has 5 unspecified atom stereocenters. The summed E-state index contributed by atoms with van der Waals surface area (Å²) in [4.78, 5) is 0. The van der Waals surface area contributed by atoms with E-state index in [1.54, 1.807) is 0 Å². The van der Waals surface area contributed by atoms with Crippen LogP contribution in [0.5, 0.6) is 0 Å². The molecule has 0 nitrogen and oxygen atoms in total. The second-order valence-corrected chi connectivity index (χ2v) is 9.90. The van der Waals surface area contributed by atoms with Gasteiger partial charge in [0.2, 0.25) is 0 Å². The van der Waals surface area contributed by atoms with E-state index in [1.807, 2.05) is 0 Å². The highest BCUT2D eigenvalue weighted by Crippen LogP contribution is 2.49. The maximum atomic E-state index is 14.1. The average Bonchev–Trinajstić information content (AvgIpc) is 2.71. The first-order chi connectivity index (χ1) is 13.6. The summed E-state index contributed by atoms with van der Waals surface area (Å²) in [5, 5.41) is 0. The molecule has 3 aliphatic rings. The normalized spacial score (nSPS) is 32.6. The Bertz CT molecular complexity index is 683. The predicted molar refractivity (Wildman–Crippen MR) is 108 cm³/mol. The number of hydrogen-bond donors (Lipinski definition) is 0. The number of rotatable bonds is 5. The van der Waals surface area contributed by atoms with Gasteiger partial charge in [0.1, 0.15) is 0 Å². The molecule has 0 aromatic heterocycles. The van der Waals surface area contributed by atoms with Gasteiger partial charge in [-0.15, -0.1) is 0 Å². The van der Waals surface area contributed by atoms with Gasteiger partial charge in [-0.1, -0.05) is 39.0 Å². The van der Waals surface area contributed by atoms with Gasteiger partial charge >= 0.3 is 0 Å². The summed E-state index contributed by atoms with van der Waals surface area (Å²) in [6.45, 7) is 2.28. The molecule has 0 bridgehead atoms. The molecule has 0 spiro atoms. The molecule has 0 heterocycles. The SMILES string of the molecule is CCCCCC1CCC2CC(C3CCc4c(cc(F)c(F)c4F)C3)CCC2C1. The Morgan fingerprint density at radius 2 is 1.54 bits per heavy atom. The van der Waals surface area contributed by atoms with Crippen LogP contribution in [0.15, 0.2) is 6.07 Å². The summed E-state index contributed by atoms with van der Waals surface area (Å²) >= 11 is 0. The van der Waals surface area contributed by atoms with Crippen LogP contribution in [-0.4, -0.2) is 0 Å². The third-order valence-electron chi connectivity index (χ3n) is 8.25. The second-order valence-electron chi connectivity index (χ2n) is 9.90. The third-order valence-corrected chi connectivity index (χ3v) is 8.25. The van der Waals surface area contributed by atoms with Crippen molar-refractivity contribution in [3.8, 4) is 0 Å². The molecule has 156 valence electrons. The third kappa shape index (κ3) is 4.14. The molecule has 1 aromatic rings. The molecule has 28 heavy (non-hydrogen) atoms. The van der Waals surface area contributed by atoms with Crippen LogP contribution < -0.4 is 0 Å². The lowest BCUT2D eigenvalue weighted by molar-refractivity contribution is 0.0688. The Morgan fingerprint density at radius 1 is 0.821 bits per heavy atom. The summed E-state index contributed by atoms with van der Waals surface area (Å²) < 4.78 is 41.3. The Hall–Kier alpha value is -0.990. The Labute approximate surface area is 168 Å². The molecule has 3 aliphatic carbocycles. The van der Waals surface area contributed by atoms with Crippen LogP contribution >= 0.6 is 0 Å². The minimum atomic E-state index is -1.30. The van der Waals surface area contributed by atoms with Crippen molar-refractivity contribution in [1.29, 1.82) is 0 Å². The first kappa shape index (κ1) is 20.3. The summed E-state index contributed by atoms with van der Waals surface area (Å²) in [5.74, 6) is 0.656. The van der Waals surface area contributed by atoms with Crippen LogP contribution in [0, 0.1) is 47.0 Å². The van der Waals surface area contributed by atoms with Gasteiger partial charge in [-0.2, -0.15) is 0 Å². The first-order valence-electron chi connectivity index (χ1n) is 11.7. The highest BCUT2D eigenvalue weighted by Gasteiger charge is 2.39. The molecule has 0 saturated heterocycles. The number of hydrogen-bond acceptors (Lipinski definition) is 0. The minimum absolute atomic E-state index is 0.427. The van der Waals surface area contributed by atoms with Crippen molar-refractivity contribution < 1.29 is 13.2 Å². The molecular formula is C25H35F3. The largest absolute Gasteiger partial charge is 0.204 e. The molecule has 2 fully saturated rings. The van der Waals surface area contributed by atoms with E-state index in [2.05, 4.69) is 6.92 Å². The van der Waals surface area contributed by atoms with Crippen LogP contribution in [0.4, 0.5) is 13.2 Å². The van der Waals surface area contributed by atoms with E-state index in [-0.39, 0.29) is 0 Å². The smallest absolute Gasteiger partial charge is 0.194 e. The van der Waals surface area contributed by atoms with Crippen molar-refractivity contribution in [2.75, 3.05) is 0 Å². The zero-order valence-corrected chi connectivity index (χ0v) is 17.3. The fourth-order valence-corrected chi connectivity index (χ4v) is 6.65. The van der Waals surface area contributed by atoms with Gasteiger partial charge in [0.15, 0.2) is 17.5 Å². The summed E-state index contributed by atoms with van der Waals surface area (Å²) in [5.41, 5.74) is 1.14. The number of unbranched alkanes of at least 4 members (excludes halogenated alkanes) is 2. The van der Waals surface area contributed by atoms with E-state index in [4.69, 9.17) is 0 Å². The lowest BCUT2D eigenvalue weighted by Crippen LogP contribution is -2.35. The van der Waals surface area contributed by atoms with Crippen molar-refractivity contribution in [1.82, 2.24) is 0 Å². The lowest BCUT2D eigenvalue weighted by Gasteiger charge is -2.45. The molecule has 1 aromatic carbocycles. The van der Waals surface area contributed by atoms with Crippen LogP contribution in [-0.2, 0) is 12.8 Å². The molecule has 0 amide bonds. The maximum absolute atomic E-state index is 14.1. The van der Waals surface area contributed by atoms with Gasteiger partial charge in [-0.25, -0.2) is 13.2 Å². The molecule has 0 aliphatic heterocycles. The molecule has 0 radical (unpaired) electrons. The van der Waals surface area contributed by atoms with Gasteiger partial charge in [-0.3, -0.25) is 0 Å². The zero-order chi connectivity index (χ0) is 19.7. The van der Waals surface area contributed by atoms with Crippen molar-refractivity contribution in [3.05, 3.63) is 34.6 Å². The van der Waals surface area contributed by atoms with E-state index in [0.717, 1.165) is 36.2 Å². The summed E-state index contributed by atoms with van der Waals surface area (Å²) in [6.07, 6.45) is 15.9. The maximum Gasteiger partial charge on any atom is 0.194 e. The van der Waals surface area contributed by atoms with Crippen molar-refractivity contribution in [2.24, 2.45) is 29.6 Å².